The van der Waals surface area contributed by atoms with Gasteiger partial charge in [0.2, 0.25) is 0 Å². The van der Waals surface area contributed by atoms with Crippen LogP contribution >= 0.6 is 23.2 Å². The lowest BCUT2D eigenvalue weighted by Gasteiger charge is -2.08. The first-order valence-electron chi connectivity index (χ1n) is 8.11. The SMILES string of the molecule is O=C(Nc1ccc(Oc2ccccc2Cl)cc1)c1cc2cc(Cl)ccc2o1. The van der Waals surface area contributed by atoms with Crippen molar-refractivity contribution in [3.05, 3.63) is 88.6 Å². The summed E-state index contributed by atoms with van der Waals surface area (Å²) < 4.78 is 11.3. The lowest BCUT2D eigenvalue weighted by atomic mass is 10.2. The van der Waals surface area contributed by atoms with E-state index in [-0.39, 0.29) is 11.7 Å². The standard InChI is InChI=1S/C21H13Cl2NO3/c22-14-5-10-18-13(11-14)12-20(27-18)21(25)24-15-6-8-16(9-7-15)26-19-4-2-1-3-17(19)23/h1-12H,(H,24,25). The van der Waals surface area contributed by atoms with E-state index in [1.54, 1.807) is 60.7 Å². The Bertz CT molecular complexity index is 1120. The van der Waals surface area contributed by atoms with Gasteiger partial charge in [-0.05, 0) is 60.7 Å². The molecule has 0 fully saturated rings. The number of rotatable bonds is 4. The molecule has 4 aromatic rings. The Morgan fingerprint density at radius 2 is 1.70 bits per heavy atom. The van der Waals surface area contributed by atoms with Gasteiger partial charge in [0.1, 0.15) is 17.1 Å². The maximum atomic E-state index is 12.4. The van der Waals surface area contributed by atoms with Gasteiger partial charge in [0.25, 0.3) is 5.91 Å². The number of ether oxygens (including phenoxy) is 1. The number of furan rings is 1. The molecular weight excluding hydrogens is 385 g/mol. The highest BCUT2D eigenvalue weighted by Crippen LogP contribution is 2.29. The zero-order valence-electron chi connectivity index (χ0n) is 13.9. The lowest BCUT2D eigenvalue weighted by molar-refractivity contribution is 0.0998. The number of nitrogens with one attached hydrogen (secondary N) is 1. The molecule has 27 heavy (non-hydrogen) atoms. The van der Waals surface area contributed by atoms with Crippen LogP contribution in [0.3, 0.4) is 0 Å². The topological polar surface area (TPSA) is 51.5 Å². The Hall–Kier alpha value is -2.95. The van der Waals surface area contributed by atoms with Crippen LogP contribution in [0.25, 0.3) is 11.0 Å². The van der Waals surface area contributed by atoms with Crippen LogP contribution < -0.4 is 10.1 Å². The van der Waals surface area contributed by atoms with Gasteiger partial charge in [-0.25, -0.2) is 0 Å². The van der Waals surface area contributed by atoms with Gasteiger partial charge in [-0.3, -0.25) is 4.79 Å². The quantitative estimate of drug-likeness (QED) is 0.412. The second-order valence-corrected chi connectivity index (χ2v) is 6.65. The molecule has 1 amide bonds. The number of benzene rings is 3. The first-order valence-corrected chi connectivity index (χ1v) is 8.87. The molecular formula is C21H13Cl2NO3. The number of fused-ring (bicyclic) bond motifs is 1. The van der Waals surface area contributed by atoms with E-state index in [9.17, 15) is 4.79 Å². The fraction of sp³-hybridized carbons (Fsp3) is 0. The van der Waals surface area contributed by atoms with Crippen LogP contribution in [0.4, 0.5) is 5.69 Å². The van der Waals surface area contributed by atoms with Gasteiger partial charge in [-0.15, -0.1) is 0 Å². The van der Waals surface area contributed by atoms with E-state index in [0.717, 1.165) is 5.39 Å². The van der Waals surface area contributed by atoms with E-state index in [0.29, 0.717) is 32.8 Å². The third-order valence-corrected chi connectivity index (χ3v) is 4.43. The summed E-state index contributed by atoms with van der Waals surface area (Å²) in [7, 11) is 0. The highest BCUT2D eigenvalue weighted by molar-refractivity contribution is 6.32. The monoisotopic (exact) mass is 397 g/mol. The van der Waals surface area contributed by atoms with Crippen molar-refractivity contribution in [1.82, 2.24) is 0 Å². The third-order valence-electron chi connectivity index (χ3n) is 3.88. The van der Waals surface area contributed by atoms with Gasteiger partial charge in [0.05, 0.1) is 5.02 Å². The molecule has 0 aliphatic rings. The Morgan fingerprint density at radius 3 is 2.48 bits per heavy atom. The second kappa shape index (κ2) is 7.35. The first kappa shape index (κ1) is 17.5. The van der Waals surface area contributed by atoms with Crippen LogP contribution in [-0.2, 0) is 0 Å². The molecule has 0 bridgehead atoms. The molecule has 0 atom stereocenters. The maximum Gasteiger partial charge on any atom is 0.291 e. The number of hydrogen-bond donors (Lipinski definition) is 1. The highest BCUT2D eigenvalue weighted by atomic mass is 35.5. The number of para-hydroxylation sites is 1. The number of halogens is 2. The fourth-order valence-electron chi connectivity index (χ4n) is 2.58. The number of carbonyl (C=O) groups excluding carboxylic acids is 1. The molecule has 4 rings (SSSR count). The molecule has 134 valence electrons. The molecule has 0 saturated carbocycles. The Labute approximate surface area is 165 Å². The Balaban J connectivity index is 1.47. The molecule has 0 saturated heterocycles. The van der Waals surface area contributed by atoms with Crippen molar-refractivity contribution in [3.8, 4) is 11.5 Å². The second-order valence-electron chi connectivity index (χ2n) is 5.80. The van der Waals surface area contributed by atoms with Gasteiger partial charge in [0, 0.05) is 16.1 Å². The minimum atomic E-state index is -0.345. The molecule has 0 aliphatic heterocycles. The van der Waals surface area contributed by atoms with Crippen LogP contribution in [-0.4, -0.2) is 5.91 Å². The molecule has 0 unspecified atom stereocenters. The minimum Gasteiger partial charge on any atom is -0.456 e. The molecule has 0 aliphatic carbocycles. The highest BCUT2D eigenvalue weighted by Gasteiger charge is 2.13. The zero-order valence-corrected chi connectivity index (χ0v) is 15.4. The molecule has 4 nitrogen and oxygen atoms in total. The van der Waals surface area contributed by atoms with E-state index >= 15 is 0 Å². The number of carbonyl (C=O) groups is 1. The average Bonchev–Trinajstić information content (AvgIpc) is 3.08. The number of hydrogen-bond acceptors (Lipinski definition) is 3. The number of anilines is 1. The van der Waals surface area contributed by atoms with Crippen molar-refractivity contribution in [3.63, 3.8) is 0 Å². The molecule has 1 aromatic heterocycles. The summed E-state index contributed by atoms with van der Waals surface area (Å²) in [6.07, 6.45) is 0. The minimum absolute atomic E-state index is 0.212. The van der Waals surface area contributed by atoms with E-state index < -0.39 is 0 Å². The summed E-state index contributed by atoms with van der Waals surface area (Å²) in [6.45, 7) is 0. The zero-order chi connectivity index (χ0) is 18.8. The fourth-order valence-corrected chi connectivity index (χ4v) is 2.93. The van der Waals surface area contributed by atoms with Crippen LogP contribution in [0.1, 0.15) is 10.6 Å². The normalized spacial score (nSPS) is 10.7. The van der Waals surface area contributed by atoms with Crippen LogP contribution in [0.15, 0.2) is 77.2 Å². The van der Waals surface area contributed by atoms with E-state index in [4.69, 9.17) is 32.4 Å². The summed E-state index contributed by atoms with van der Waals surface area (Å²) in [5.74, 6) is 1.04. The summed E-state index contributed by atoms with van der Waals surface area (Å²) in [4.78, 5) is 12.4. The van der Waals surface area contributed by atoms with Gasteiger partial charge in [-0.1, -0.05) is 35.3 Å². The molecule has 1 N–H and O–H groups in total. The van der Waals surface area contributed by atoms with E-state index in [1.807, 2.05) is 12.1 Å². The molecule has 0 spiro atoms. The van der Waals surface area contributed by atoms with Gasteiger partial charge < -0.3 is 14.5 Å². The Kier molecular flexibility index (Phi) is 4.75. The smallest absolute Gasteiger partial charge is 0.291 e. The summed E-state index contributed by atoms with van der Waals surface area (Å²) >= 11 is 12.0. The van der Waals surface area contributed by atoms with Crippen molar-refractivity contribution in [2.24, 2.45) is 0 Å². The summed E-state index contributed by atoms with van der Waals surface area (Å²) in [5.41, 5.74) is 1.22. The first-order chi connectivity index (χ1) is 13.1. The summed E-state index contributed by atoms with van der Waals surface area (Å²) in [5, 5.41) is 4.68. The average molecular weight is 398 g/mol. The van der Waals surface area contributed by atoms with Crippen molar-refractivity contribution in [2.45, 2.75) is 0 Å². The largest absolute Gasteiger partial charge is 0.456 e. The van der Waals surface area contributed by atoms with Crippen LogP contribution in [0.2, 0.25) is 10.0 Å². The summed E-state index contributed by atoms with van der Waals surface area (Å²) in [6, 6.07) is 21.0. The number of amides is 1. The van der Waals surface area contributed by atoms with E-state index in [1.165, 1.54) is 0 Å². The molecule has 6 heteroatoms. The van der Waals surface area contributed by atoms with Crippen LogP contribution in [0.5, 0.6) is 11.5 Å². The predicted molar refractivity (Wildman–Crippen MR) is 107 cm³/mol. The van der Waals surface area contributed by atoms with E-state index in [2.05, 4.69) is 5.32 Å². The maximum absolute atomic E-state index is 12.4. The van der Waals surface area contributed by atoms with Crippen molar-refractivity contribution >= 4 is 45.8 Å². The van der Waals surface area contributed by atoms with Crippen LogP contribution in [0, 0.1) is 0 Å². The van der Waals surface area contributed by atoms with Gasteiger partial charge >= 0.3 is 0 Å². The lowest BCUT2D eigenvalue weighted by Crippen LogP contribution is -2.10. The van der Waals surface area contributed by atoms with Gasteiger partial charge in [-0.2, -0.15) is 0 Å². The molecule has 3 aromatic carbocycles. The van der Waals surface area contributed by atoms with Crippen molar-refractivity contribution < 1.29 is 13.9 Å². The van der Waals surface area contributed by atoms with Crippen molar-refractivity contribution in [1.29, 1.82) is 0 Å². The van der Waals surface area contributed by atoms with Gasteiger partial charge in [0.15, 0.2) is 5.76 Å². The molecule has 0 radical (unpaired) electrons. The molecule has 1 heterocycles. The van der Waals surface area contributed by atoms with Crippen molar-refractivity contribution in [2.75, 3.05) is 5.32 Å². The Morgan fingerprint density at radius 1 is 0.926 bits per heavy atom. The third kappa shape index (κ3) is 3.92. The predicted octanol–water partition coefficient (Wildman–Crippen LogP) is 6.78.